The average molecular weight is 256 g/mol. The lowest BCUT2D eigenvalue weighted by atomic mass is 9.91. The van der Waals surface area contributed by atoms with Gasteiger partial charge in [-0.05, 0) is 44.7 Å². The van der Waals surface area contributed by atoms with E-state index in [0.29, 0.717) is 18.0 Å². The predicted octanol–water partition coefficient (Wildman–Crippen LogP) is 2.37. The smallest absolute Gasteiger partial charge is 0.0630 e. The van der Waals surface area contributed by atoms with Crippen LogP contribution in [0.5, 0.6) is 0 Å². The number of rotatable bonds is 7. The third-order valence-electron chi connectivity index (χ3n) is 4.18. The number of hydrogen-bond acceptors (Lipinski definition) is 3. The van der Waals surface area contributed by atoms with Gasteiger partial charge in [0, 0.05) is 25.7 Å². The lowest BCUT2D eigenvalue weighted by Crippen LogP contribution is -2.53. The summed E-state index contributed by atoms with van der Waals surface area (Å²) < 4.78 is 5.42. The monoisotopic (exact) mass is 256 g/mol. The van der Waals surface area contributed by atoms with Crippen LogP contribution in [0.15, 0.2) is 0 Å². The van der Waals surface area contributed by atoms with Crippen molar-refractivity contribution in [1.29, 1.82) is 0 Å². The number of nitrogens with one attached hydrogen (secondary N) is 1. The van der Waals surface area contributed by atoms with Gasteiger partial charge in [0.05, 0.1) is 6.61 Å². The van der Waals surface area contributed by atoms with Crippen LogP contribution in [0.1, 0.15) is 40.5 Å². The topological polar surface area (TPSA) is 24.5 Å². The zero-order valence-corrected chi connectivity index (χ0v) is 12.9. The van der Waals surface area contributed by atoms with E-state index in [1.54, 1.807) is 0 Å². The molecule has 1 heterocycles. The van der Waals surface area contributed by atoms with Gasteiger partial charge in [-0.3, -0.25) is 4.90 Å². The van der Waals surface area contributed by atoms with E-state index in [1.165, 1.54) is 19.4 Å². The lowest BCUT2D eigenvalue weighted by Gasteiger charge is -2.43. The molecule has 0 aromatic heterocycles. The van der Waals surface area contributed by atoms with Crippen molar-refractivity contribution in [3.63, 3.8) is 0 Å². The molecule has 3 unspecified atom stereocenters. The Labute approximate surface area is 113 Å². The Morgan fingerprint density at radius 3 is 2.61 bits per heavy atom. The second kappa shape index (κ2) is 8.13. The van der Waals surface area contributed by atoms with E-state index in [-0.39, 0.29) is 0 Å². The van der Waals surface area contributed by atoms with Gasteiger partial charge in [-0.15, -0.1) is 0 Å². The van der Waals surface area contributed by atoms with Gasteiger partial charge in [-0.25, -0.2) is 0 Å². The number of ether oxygens (including phenoxy) is 1. The summed E-state index contributed by atoms with van der Waals surface area (Å²) in [6.07, 6.45) is 2.70. The van der Waals surface area contributed by atoms with Crippen molar-refractivity contribution in [3.8, 4) is 0 Å². The molecule has 1 rings (SSSR count). The highest BCUT2D eigenvalue weighted by Gasteiger charge is 2.29. The maximum absolute atomic E-state index is 5.42. The van der Waals surface area contributed by atoms with Crippen molar-refractivity contribution in [1.82, 2.24) is 10.2 Å². The van der Waals surface area contributed by atoms with Gasteiger partial charge in [0.2, 0.25) is 0 Å². The summed E-state index contributed by atoms with van der Waals surface area (Å²) in [7, 11) is 1.81. The molecule has 1 aliphatic rings. The summed E-state index contributed by atoms with van der Waals surface area (Å²) in [5, 5.41) is 3.58. The maximum Gasteiger partial charge on any atom is 0.0630 e. The van der Waals surface area contributed by atoms with E-state index in [4.69, 9.17) is 4.74 Å². The summed E-state index contributed by atoms with van der Waals surface area (Å²) in [6, 6.07) is 1.20. The minimum Gasteiger partial charge on any atom is -0.383 e. The fourth-order valence-electron chi connectivity index (χ4n) is 2.89. The summed E-state index contributed by atoms with van der Waals surface area (Å²) in [6.45, 7) is 13.5. The SMILES string of the molecule is COCC(CNCC(C)C)N1CCCC(C)C1C. The normalized spacial score (nSPS) is 27.7. The lowest BCUT2D eigenvalue weighted by molar-refractivity contribution is 0.0250. The molecule has 0 aromatic carbocycles. The Balaban J connectivity index is 2.48. The highest BCUT2D eigenvalue weighted by Crippen LogP contribution is 2.24. The summed E-state index contributed by atoms with van der Waals surface area (Å²) in [5.74, 6) is 1.52. The van der Waals surface area contributed by atoms with Gasteiger partial charge in [0.25, 0.3) is 0 Å². The molecule has 0 saturated carbocycles. The van der Waals surface area contributed by atoms with Gasteiger partial charge in [0.1, 0.15) is 0 Å². The van der Waals surface area contributed by atoms with Crippen LogP contribution in [0, 0.1) is 11.8 Å². The van der Waals surface area contributed by atoms with Crippen molar-refractivity contribution >= 4 is 0 Å². The molecule has 1 aliphatic heterocycles. The van der Waals surface area contributed by atoms with E-state index in [1.807, 2.05) is 7.11 Å². The van der Waals surface area contributed by atoms with E-state index in [9.17, 15) is 0 Å². The minimum absolute atomic E-state index is 0.520. The van der Waals surface area contributed by atoms with Crippen molar-refractivity contribution in [2.45, 2.75) is 52.6 Å². The predicted molar refractivity (Wildman–Crippen MR) is 77.9 cm³/mol. The first kappa shape index (κ1) is 15.9. The zero-order valence-electron chi connectivity index (χ0n) is 12.9. The van der Waals surface area contributed by atoms with Crippen LogP contribution in [0.3, 0.4) is 0 Å². The highest BCUT2D eigenvalue weighted by molar-refractivity contribution is 4.85. The summed E-state index contributed by atoms with van der Waals surface area (Å²) in [4.78, 5) is 2.64. The van der Waals surface area contributed by atoms with E-state index >= 15 is 0 Å². The highest BCUT2D eigenvalue weighted by atomic mass is 16.5. The Hall–Kier alpha value is -0.120. The van der Waals surface area contributed by atoms with Gasteiger partial charge in [-0.1, -0.05) is 20.8 Å². The molecule has 3 heteroatoms. The first-order chi connectivity index (χ1) is 8.56. The van der Waals surface area contributed by atoms with Gasteiger partial charge < -0.3 is 10.1 Å². The van der Waals surface area contributed by atoms with Crippen LogP contribution in [0.2, 0.25) is 0 Å². The first-order valence-electron chi connectivity index (χ1n) is 7.51. The third kappa shape index (κ3) is 4.87. The van der Waals surface area contributed by atoms with Crippen LogP contribution < -0.4 is 5.32 Å². The molecule has 0 aliphatic carbocycles. The number of hydrogen-bond donors (Lipinski definition) is 1. The largest absolute Gasteiger partial charge is 0.383 e. The molecule has 3 atom stereocenters. The maximum atomic E-state index is 5.42. The summed E-state index contributed by atoms with van der Waals surface area (Å²) >= 11 is 0. The Morgan fingerprint density at radius 2 is 2.00 bits per heavy atom. The second-order valence-corrected chi connectivity index (χ2v) is 6.26. The van der Waals surface area contributed by atoms with Gasteiger partial charge >= 0.3 is 0 Å². The van der Waals surface area contributed by atoms with Gasteiger partial charge in [-0.2, -0.15) is 0 Å². The Bertz CT molecular complexity index is 221. The van der Waals surface area contributed by atoms with Crippen molar-refractivity contribution in [2.24, 2.45) is 11.8 Å². The zero-order chi connectivity index (χ0) is 13.5. The second-order valence-electron chi connectivity index (χ2n) is 6.26. The van der Waals surface area contributed by atoms with Crippen LogP contribution >= 0.6 is 0 Å². The van der Waals surface area contributed by atoms with Crippen LogP contribution in [0.4, 0.5) is 0 Å². The number of nitrogens with zero attached hydrogens (tertiary/aromatic N) is 1. The molecular formula is C15H32N2O. The van der Waals surface area contributed by atoms with Crippen LogP contribution in [0.25, 0.3) is 0 Å². The van der Waals surface area contributed by atoms with Crippen molar-refractivity contribution in [3.05, 3.63) is 0 Å². The van der Waals surface area contributed by atoms with Crippen molar-refractivity contribution < 1.29 is 4.74 Å². The quantitative estimate of drug-likeness (QED) is 0.757. The van der Waals surface area contributed by atoms with Crippen LogP contribution in [-0.4, -0.2) is 50.3 Å². The Morgan fingerprint density at radius 1 is 1.28 bits per heavy atom. The van der Waals surface area contributed by atoms with Crippen molar-refractivity contribution in [2.75, 3.05) is 33.4 Å². The molecule has 1 fully saturated rings. The van der Waals surface area contributed by atoms with E-state index in [2.05, 4.69) is 37.9 Å². The molecule has 0 aromatic rings. The molecule has 0 spiro atoms. The number of piperidine rings is 1. The summed E-state index contributed by atoms with van der Waals surface area (Å²) in [5.41, 5.74) is 0. The molecular weight excluding hydrogens is 224 g/mol. The average Bonchev–Trinajstić information content (AvgIpc) is 2.31. The van der Waals surface area contributed by atoms with Gasteiger partial charge in [0.15, 0.2) is 0 Å². The van der Waals surface area contributed by atoms with Crippen LogP contribution in [-0.2, 0) is 4.74 Å². The first-order valence-corrected chi connectivity index (χ1v) is 7.51. The molecule has 108 valence electrons. The van der Waals surface area contributed by atoms with E-state index < -0.39 is 0 Å². The minimum atomic E-state index is 0.520. The fraction of sp³-hybridized carbons (Fsp3) is 1.00. The molecule has 0 amide bonds. The fourth-order valence-corrected chi connectivity index (χ4v) is 2.89. The number of methoxy groups -OCH3 is 1. The molecule has 0 bridgehead atoms. The molecule has 18 heavy (non-hydrogen) atoms. The number of likely N-dealkylation sites (tertiary alicyclic amines) is 1. The van der Waals surface area contributed by atoms with E-state index in [0.717, 1.165) is 25.6 Å². The molecule has 3 nitrogen and oxygen atoms in total. The standard InChI is InChI=1S/C15H32N2O/c1-12(2)9-16-10-15(11-18-5)17-8-6-7-13(3)14(17)4/h12-16H,6-11H2,1-5H3. The third-order valence-corrected chi connectivity index (χ3v) is 4.18. The molecule has 1 saturated heterocycles. The molecule has 0 radical (unpaired) electrons. The Kier molecular flexibility index (Phi) is 7.20. The molecule has 1 N–H and O–H groups in total.